The van der Waals surface area contributed by atoms with Gasteiger partial charge in [0.2, 0.25) is 5.91 Å². The second-order valence-electron chi connectivity index (χ2n) is 5.37. The first kappa shape index (κ1) is 13.6. The Balaban J connectivity index is 1.68. The number of nitrogens with zero attached hydrogens (tertiary/aromatic N) is 1. The number of anilines is 2. The van der Waals surface area contributed by atoms with Gasteiger partial charge in [-0.05, 0) is 47.9 Å². The Morgan fingerprint density at radius 1 is 1.29 bits per heavy atom. The lowest BCUT2D eigenvalue weighted by Crippen LogP contribution is -2.14. The van der Waals surface area contributed by atoms with Crippen molar-refractivity contribution in [1.29, 1.82) is 0 Å². The summed E-state index contributed by atoms with van der Waals surface area (Å²) in [6, 6.07) is 12.1. The van der Waals surface area contributed by atoms with Crippen LogP contribution in [0.4, 0.5) is 15.8 Å². The number of carbonyl (C=O) groups excluding carboxylic acids is 1. The van der Waals surface area contributed by atoms with Gasteiger partial charge in [0.1, 0.15) is 5.82 Å². The van der Waals surface area contributed by atoms with Crippen molar-refractivity contribution in [3.63, 3.8) is 0 Å². The van der Waals surface area contributed by atoms with Crippen molar-refractivity contribution >= 4 is 17.3 Å². The Labute approximate surface area is 123 Å². The van der Waals surface area contributed by atoms with Crippen LogP contribution in [0.5, 0.6) is 0 Å². The summed E-state index contributed by atoms with van der Waals surface area (Å²) in [5, 5.41) is 2.87. The second kappa shape index (κ2) is 5.56. The highest BCUT2D eigenvalue weighted by atomic mass is 19.1. The molecular formula is C17H17FN2O. The highest BCUT2D eigenvalue weighted by Crippen LogP contribution is 2.29. The zero-order valence-electron chi connectivity index (χ0n) is 11.9. The minimum Gasteiger partial charge on any atom is -0.374 e. The maximum atomic E-state index is 13.1. The average Bonchev–Trinajstić information content (AvgIpc) is 2.80. The molecule has 0 spiro atoms. The third-order valence-electron chi connectivity index (χ3n) is 3.74. The fraction of sp³-hybridized carbons (Fsp3) is 0.235. The Morgan fingerprint density at radius 2 is 2.14 bits per heavy atom. The number of carbonyl (C=O) groups is 1. The smallest absolute Gasteiger partial charge is 0.228 e. The minimum atomic E-state index is -0.319. The average molecular weight is 284 g/mol. The van der Waals surface area contributed by atoms with Crippen molar-refractivity contribution in [2.75, 3.05) is 23.8 Å². The molecule has 0 saturated heterocycles. The predicted octanol–water partition coefficient (Wildman–Crippen LogP) is 3.00. The number of hydrogen-bond acceptors (Lipinski definition) is 2. The summed E-state index contributed by atoms with van der Waals surface area (Å²) in [7, 11) is 2.06. The fourth-order valence-electron chi connectivity index (χ4n) is 2.68. The number of fused-ring (bicyclic) bond motifs is 1. The van der Waals surface area contributed by atoms with Crippen LogP contribution >= 0.6 is 0 Å². The van der Waals surface area contributed by atoms with Crippen LogP contribution in [0.3, 0.4) is 0 Å². The maximum Gasteiger partial charge on any atom is 0.228 e. The zero-order valence-corrected chi connectivity index (χ0v) is 11.9. The third kappa shape index (κ3) is 3.05. The van der Waals surface area contributed by atoms with E-state index in [1.807, 2.05) is 18.2 Å². The van der Waals surface area contributed by atoms with Crippen LogP contribution in [-0.4, -0.2) is 19.5 Å². The van der Waals surface area contributed by atoms with Gasteiger partial charge < -0.3 is 10.2 Å². The van der Waals surface area contributed by atoms with Gasteiger partial charge in [0, 0.05) is 25.0 Å². The maximum absolute atomic E-state index is 13.1. The molecule has 21 heavy (non-hydrogen) atoms. The molecule has 0 bridgehead atoms. The van der Waals surface area contributed by atoms with Crippen LogP contribution in [0.2, 0.25) is 0 Å². The number of halogens is 1. The molecule has 0 radical (unpaired) electrons. The number of benzene rings is 2. The lowest BCUT2D eigenvalue weighted by Gasteiger charge is -2.12. The summed E-state index contributed by atoms with van der Waals surface area (Å²) in [6.45, 7) is 1.01. The van der Waals surface area contributed by atoms with Gasteiger partial charge >= 0.3 is 0 Å². The number of rotatable bonds is 3. The molecular weight excluding hydrogens is 267 g/mol. The number of likely N-dealkylation sites (N-methyl/N-ethyl adjacent to an activating group) is 1. The van der Waals surface area contributed by atoms with Gasteiger partial charge in [-0.25, -0.2) is 4.39 Å². The van der Waals surface area contributed by atoms with Gasteiger partial charge in [-0.3, -0.25) is 4.79 Å². The molecule has 1 heterocycles. The van der Waals surface area contributed by atoms with E-state index in [1.54, 1.807) is 12.1 Å². The van der Waals surface area contributed by atoms with Crippen LogP contribution < -0.4 is 10.2 Å². The summed E-state index contributed by atoms with van der Waals surface area (Å²) in [5.41, 5.74) is 3.94. The van der Waals surface area contributed by atoms with E-state index in [9.17, 15) is 9.18 Å². The molecule has 1 amide bonds. The molecule has 1 aliphatic heterocycles. The predicted molar refractivity (Wildman–Crippen MR) is 82.1 cm³/mol. The Morgan fingerprint density at radius 3 is 2.95 bits per heavy atom. The van der Waals surface area contributed by atoms with Crippen molar-refractivity contribution < 1.29 is 9.18 Å². The molecule has 0 aromatic heterocycles. The summed E-state index contributed by atoms with van der Waals surface area (Å²) < 4.78 is 13.1. The number of nitrogens with one attached hydrogen (secondary N) is 1. The van der Waals surface area contributed by atoms with Crippen molar-refractivity contribution in [3.05, 3.63) is 59.4 Å². The fourth-order valence-corrected chi connectivity index (χ4v) is 2.68. The Hall–Kier alpha value is -2.36. The van der Waals surface area contributed by atoms with Gasteiger partial charge in [-0.2, -0.15) is 0 Å². The van der Waals surface area contributed by atoms with E-state index < -0.39 is 0 Å². The highest BCUT2D eigenvalue weighted by Gasteiger charge is 2.16. The van der Waals surface area contributed by atoms with E-state index in [-0.39, 0.29) is 18.1 Å². The van der Waals surface area contributed by atoms with E-state index in [2.05, 4.69) is 17.3 Å². The summed E-state index contributed by atoms with van der Waals surface area (Å²) >= 11 is 0. The molecule has 108 valence electrons. The Bertz CT molecular complexity index is 684. The quantitative estimate of drug-likeness (QED) is 0.939. The van der Waals surface area contributed by atoms with Crippen molar-refractivity contribution in [1.82, 2.24) is 0 Å². The molecule has 3 nitrogen and oxygen atoms in total. The monoisotopic (exact) mass is 284 g/mol. The van der Waals surface area contributed by atoms with Crippen molar-refractivity contribution in [2.24, 2.45) is 0 Å². The van der Waals surface area contributed by atoms with Gasteiger partial charge in [-0.15, -0.1) is 0 Å². The van der Waals surface area contributed by atoms with Gasteiger partial charge in [0.25, 0.3) is 0 Å². The van der Waals surface area contributed by atoms with E-state index in [0.717, 1.165) is 18.7 Å². The molecule has 1 aliphatic rings. The number of amides is 1. The van der Waals surface area contributed by atoms with E-state index in [0.29, 0.717) is 5.56 Å². The molecule has 1 N–H and O–H groups in total. The first-order chi connectivity index (χ1) is 10.1. The van der Waals surface area contributed by atoms with Crippen LogP contribution in [0.1, 0.15) is 11.1 Å². The lowest BCUT2D eigenvalue weighted by molar-refractivity contribution is -0.115. The van der Waals surface area contributed by atoms with Crippen molar-refractivity contribution in [2.45, 2.75) is 12.8 Å². The van der Waals surface area contributed by atoms with Gasteiger partial charge in [0.05, 0.1) is 6.42 Å². The molecule has 2 aromatic carbocycles. The van der Waals surface area contributed by atoms with Crippen LogP contribution in [0, 0.1) is 5.82 Å². The van der Waals surface area contributed by atoms with Crippen LogP contribution in [-0.2, 0) is 17.6 Å². The molecule has 0 fully saturated rings. The molecule has 2 aromatic rings. The molecule has 0 atom stereocenters. The number of hydrogen-bond donors (Lipinski definition) is 1. The van der Waals surface area contributed by atoms with Gasteiger partial charge in [0.15, 0.2) is 0 Å². The summed E-state index contributed by atoms with van der Waals surface area (Å²) in [5.74, 6) is -0.451. The van der Waals surface area contributed by atoms with E-state index in [1.165, 1.54) is 23.4 Å². The first-order valence-electron chi connectivity index (χ1n) is 7.00. The van der Waals surface area contributed by atoms with Gasteiger partial charge in [-0.1, -0.05) is 12.1 Å². The third-order valence-corrected chi connectivity index (χ3v) is 3.74. The SMILES string of the molecule is CN1CCc2cc(NC(=O)Cc3cccc(F)c3)ccc21. The largest absolute Gasteiger partial charge is 0.374 e. The molecule has 0 aliphatic carbocycles. The molecule has 0 saturated carbocycles. The topological polar surface area (TPSA) is 32.3 Å². The molecule has 4 heteroatoms. The highest BCUT2D eigenvalue weighted by molar-refractivity contribution is 5.92. The molecule has 0 unspecified atom stereocenters. The first-order valence-corrected chi connectivity index (χ1v) is 7.00. The summed E-state index contributed by atoms with van der Waals surface area (Å²) in [4.78, 5) is 14.2. The van der Waals surface area contributed by atoms with E-state index in [4.69, 9.17) is 0 Å². The van der Waals surface area contributed by atoms with Crippen molar-refractivity contribution in [3.8, 4) is 0 Å². The zero-order chi connectivity index (χ0) is 14.8. The Kier molecular flexibility index (Phi) is 3.60. The second-order valence-corrected chi connectivity index (χ2v) is 5.37. The van der Waals surface area contributed by atoms with Crippen LogP contribution in [0.15, 0.2) is 42.5 Å². The van der Waals surface area contributed by atoms with E-state index >= 15 is 0 Å². The molecule has 3 rings (SSSR count). The van der Waals surface area contributed by atoms with Crippen LogP contribution in [0.25, 0.3) is 0 Å². The lowest BCUT2D eigenvalue weighted by atomic mass is 10.1. The minimum absolute atomic E-state index is 0.132. The normalized spacial score (nSPS) is 13.1. The summed E-state index contributed by atoms with van der Waals surface area (Å²) in [6.07, 6.45) is 1.17. The standard InChI is InChI=1S/C17H17FN2O/c1-20-8-7-13-11-15(5-6-16(13)20)19-17(21)10-12-3-2-4-14(18)9-12/h2-6,9,11H,7-8,10H2,1H3,(H,19,21).